The smallest absolute Gasteiger partial charge is 0.0370 e. The lowest BCUT2D eigenvalue weighted by molar-refractivity contribution is 1.13. The van der Waals surface area contributed by atoms with Crippen LogP contribution >= 0.6 is 0 Å². The molecule has 0 spiro atoms. The van der Waals surface area contributed by atoms with E-state index in [4.69, 9.17) is 0 Å². The van der Waals surface area contributed by atoms with Crippen LogP contribution in [0.3, 0.4) is 0 Å². The summed E-state index contributed by atoms with van der Waals surface area (Å²) in [5.41, 5.74) is 3.98. The van der Waals surface area contributed by atoms with Crippen molar-refractivity contribution in [2.45, 2.75) is 20.3 Å². The topological polar surface area (TPSA) is 12.0 Å². The molecule has 60 valence electrons. The molecule has 0 amide bonds. The van der Waals surface area contributed by atoms with E-state index in [1.807, 2.05) is 7.05 Å². The van der Waals surface area contributed by atoms with Gasteiger partial charge in [-0.25, -0.2) is 0 Å². The summed E-state index contributed by atoms with van der Waals surface area (Å²) >= 11 is 0. The van der Waals surface area contributed by atoms with Crippen LogP contribution in [0.25, 0.3) is 0 Å². The first-order chi connectivity index (χ1) is 5.27. The van der Waals surface area contributed by atoms with E-state index in [2.05, 4.69) is 37.4 Å². The standard InChI is InChI=1S/C10H15N/c1-4-9-7-8(2)5-6-10(9)11-3/h5-7,11H,4H2,1-3H3. The maximum absolute atomic E-state index is 3.17. The van der Waals surface area contributed by atoms with Crippen molar-refractivity contribution in [1.29, 1.82) is 0 Å². The van der Waals surface area contributed by atoms with E-state index in [1.54, 1.807) is 0 Å². The van der Waals surface area contributed by atoms with Crippen LogP contribution in [0.5, 0.6) is 0 Å². The summed E-state index contributed by atoms with van der Waals surface area (Å²) in [5.74, 6) is 0. The first kappa shape index (κ1) is 8.12. The van der Waals surface area contributed by atoms with Gasteiger partial charge < -0.3 is 5.32 Å². The fraction of sp³-hybridized carbons (Fsp3) is 0.400. The third-order valence-electron chi connectivity index (χ3n) is 1.91. The van der Waals surface area contributed by atoms with Gasteiger partial charge in [-0.3, -0.25) is 0 Å². The highest BCUT2D eigenvalue weighted by Crippen LogP contribution is 2.16. The Labute approximate surface area is 68.4 Å². The second kappa shape index (κ2) is 3.42. The monoisotopic (exact) mass is 149 g/mol. The molecule has 11 heavy (non-hydrogen) atoms. The fourth-order valence-corrected chi connectivity index (χ4v) is 1.26. The van der Waals surface area contributed by atoms with Crippen molar-refractivity contribution < 1.29 is 0 Å². The Hall–Kier alpha value is -0.980. The lowest BCUT2D eigenvalue weighted by Gasteiger charge is -2.07. The summed E-state index contributed by atoms with van der Waals surface area (Å²) in [4.78, 5) is 0. The molecule has 1 aromatic rings. The molecule has 0 bridgehead atoms. The van der Waals surface area contributed by atoms with Gasteiger partial charge in [0.15, 0.2) is 0 Å². The SMILES string of the molecule is CCc1cc(C)ccc1NC. The summed E-state index contributed by atoms with van der Waals surface area (Å²) in [6, 6.07) is 6.49. The summed E-state index contributed by atoms with van der Waals surface area (Å²) in [6.07, 6.45) is 1.10. The van der Waals surface area contributed by atoms with E-state index in [-0.39, 0.29) is 0 Å². The molecule has 1 N–H and O–H groups in total. The zero-order valence-corrected chi connectivity index (χ0v) is 7.44. The molecule has 0 unspecified atom stereocenters. The molecule has 1 rings (SSSR count). The van der Waals surface area contributed by atoms with Crippen molar-refractivity contribution in [2.24, 2.45) is 0 Å². The van der Waals surface area contributed by atoms with Gasteiger partial charge in [-0.05, 0) is 25.0 Å². The van der Waals surface area contributed by atoms with Gasteiger partial charge in [0.05, 0.1) is 0 Å². The predicted molar refractivity (Wildman–Crippen MR) is 50.1 cm³/mol. The lowest BCUT2D eigenvalue weighted by atomic mass is 10.1. The average Bonchev–Trinajstić information content (AvgIpc) is 2.04. The van der Waals surface area contributed by atoms with Crippen molar-refractivity contribution in [3.05, 3.63) is 29.3 Å². The lowest BCUT2D eigenvalue weighted by Crippen LogP contribution is -1.94. The molecule has 0 aromatic heterocycles. The van der Waals surface area contributed by atoms with Gasteiger partial charge in [-0.15, -0.1) is 0 Å². The van der Waals surface area contributed by atoms with Gasteiger partial charge in [0.1, 0.15) is 0 Å². The Balaban J connectivity index is 3.06. The largest absolute Gasteiger partial charge is 0.388 e. The molecule has 1 heteroatoms. The molecule has 1 aromatic carbocycles. The van der Waals surface area contributed by atoms with Gasteiger partial charge in [0, 0.05) is 12.7 Å². The normalized spacial score (nSPS) is 9.73. The molecule has 0 heterocycles. The van der Waals surface area contributed by atoms with Gasteiger partial charge in [-0.1, -0.05) is 24.6 Å². The maximum Gasteiger partial charge on any atom is 0.0370 e. The van der Waals surface area contributed by atoms with E-state index >= 15 is 0 Å². The minimum atomic E-state index is 1.10. The third kappa shape index (κ3) is 1.73. The van der Waals surface area contributed by atoms with Crippen molar-refractivity contribution in [1.82, 2.24) is 0 Å². The van der Waals surface area contributed by atoms with E-state index in [9.17, 15) is 0 Å². The van der Waals surface area contributed by atoms with E-state index in [0.29, 0.717) is 0 Å². The number of hydrogen-bond acceptors (Lipinski definition) is 1. The predicted octanol–water partition coefficient (Wildman–Crippen LogP) is 2.60. The molecular formula is C10H15N. The zero-order valence-electron chi connectivity index (χ0n) is 7.44. The molecule has 0 saturated heterocycles. The first-order valence-corrected chi connectivity index (χ1v) is 4.05. The Morgan fingerprint density at radius 2 is 2.09 bits per heavy atom. The minimum absolute atomic E-state index is 1.10. The second-order valence-corrected chi connectivity index (χ2v) is 2.76. The van der Waals surface area contributed by atoms with Crippen LogP contribution in [0.2, 0.25) is 0 Å². The molecule has 0 aliphatic carbocycles. The summed E-state index contributed by atoms with van der Waals surface area (Å²) in [6.45, 7) is 4.30. The van der Waals surface area contributed by atoms with Crippen LogP contribution in [0.15, 0.2) is 18.2 Å². The highest BCUT2D eigenvalue weighted by molar-refractivity contribution is 5.52. The number of rotatable bonds is 2. The Kier molecular flexibility index (Phi) is 2.53. The number of anilines is 1. The maximum atomic E-state index is 3.17. The van der Waals surface area contributed by atoms with Gasteiger partial charge in [0.2, 0.25) is 0 Å². The fourth-order valence-electron chi connectivity index (χ4n) is 1.26. The second-order valence-electron chi connectivity index (χ2n) is 2.76. The number of hydrogen-bond donors (Lipinski definition) is 1. The number of nitrogens with one attached hydrogen (secondary N) is 1. The van der Waals surface area contributed by atoms with Crippen LogP contribution in [0.4, 0.5) is 5.69 Å². The summed E-state index contributed by atoms with van der Waals surface area (Å²) in [5, 5.41) is 3.17. The van der Waals surface area contributed by atoms with Gasteiger partial charge >= 0.3 is 0 Å². The van der Waals surface area contributed by atoms with Crippen LogP contribution in [0, 0.1) is 6.92 Å². The Morgan fingerprint density at radius 1 is 1.36 bits per heavy atom. The molecule has 0 fully saturated rings. The van der Waals surface area contributed by atoms with E-state index < -0.39 is 0 Å². The van der Waals surface area contributed by atoms with Crippen LogP contribution < -0.4 is 5.32 Å². The summed E-state index contributed by atoms with van der Waals surface area (Å²) < 4.78 is 0. The highest BCUT2D eigenvalue weighted by Gasteiger charge is 1.96. The Bertz CT molecular complexity index is 241. The van der Waals surface area contributed by atoms with E-state index in [1.165, 1.54) is 16.8 Å². The Morgan fingerprint density at radius 3 is 2.64 bits per heavy atom. The van der Waals surface area contributed by atoms with Crippen molar-refractivity contribution in [2.75, 3.05) is 12.4 Å². The third-order valence-corrected chi connectivity index (χ3v) is 1.91. The number of benzene rings is 1. The molecule has 0 saturated carbocycles. The first-order valence-electron chi connectivity index (χ1n) is 4.05. The van der Waals surface area contributed by atoms with Crippen molar-refractivity contribution in [3.63, 3.8) is 0 Å². The molecule has 1 nitrogen and oxygen atoms in total. The average molecular weight is 149 g/mol. The van der Waals surface area contributed by atoms with Crippen LogP contribution in [-0.2, 0) is 6.42 Å². The summed E-state index contributed by atoms with van der Waals surface area (Å²) in [7, 11) is 1.96. The van der Waals surface area contributed by atoms with Crippen LogP contribution in [0.1, 0.15) is 18.1 Å². The molecular weight excluding hydrogens is 134 g/mol. The molecule has 0 aliphatic rings. The van der Waals surface area contributed by atoms with Crippen molar-refractivity contribution in [3.8, 4) is 0 Å². The highest BCUT2D eigenvalue weighted by atomic mass is 14.8. The molecule has 0 radical (unpaired) electrons. The molecule has 0 aliphatic heterocycles. The van der Waals surface area contributed by atoms with Gasteiger partial charge in [-0.2, -0.15) is 0 Å². The van der Waals surface area contributed by atoms with E-state index in [0.717, 1.165) is 6.42 Å². The molecule has 0 atom stereocenters. The van der Waals surface area contributed by atoms with Gasteiger partial charge in [0.25, 0.3) is 0 Å². The number of aryl methyl sites for hydroxylation is 2. The quantitative estimate of drug-likeness (QED) is 0.681. The van der Waals surface area contributed by atoms with Crippen molar-refractivity contribution >= 4 is 5.69 Å². The zero-order chi connectivity index (χ0) is 8.27. The van der Waals surface area contributed by atoms with Crippen LogP contribution in [-0.4, -0.2) is 7.05 Å². The minimum Gasteiger partial charge on any atom is -0.388 e.